The minimum atomic E-state index is -1.37. The molecule has 1 unspecified atom stereocenters. The van der Waals surface area contributed by atoms with Gasteiger partial charge in [0.25, 0.3) is 11.6 Å². The summed E-state index contributed by atoms with van der Waals surface area (Å²) in [4.78, 5) is 50.8. The van der Waals surface area contributed by atoms with Gasteiger partial charge in [-0.05, 0) is 37.5 Å². The summed E-state index contributed by atoms with van der Waals surface area (Å²) < 4.78 is 0. The van der Waals surface area contributed by atoms with Crippen LogP contribution in [0.15, 0.2) is 24.3 Å². The van der Waals surface area contributed by atoms with Gasteiger partial charge < -0.3 is 10.2 Å². The number of hydrogen-bond donors (Lipinski definition) is 1. The summed E-state index contributed by atoms with van der Waals surface area (Å²) in [7, 11) is 1.71. The van der Waals surface area contributed by atoms with Crippen LogP contribution in [0.2, 0.25) is 0 Å². The van der Waals surface area contributed by atoms with Gasteiger partial charge in [-0.15, -0.1) is 0 Å². The molecular weight excluding hydrogens is 364 g/mol. The molecule has 9 heteroatoms. The molecule has 1 atom stereocenters. The Bertz CT molecular complexity index is 803. The number of nitro benzene ring substituents is 1. The molecule has 1 aliphatic carbocycles. The van der Waals surface area contributed by atoms with Gasteiger partial charge in [0.15, 0.2) is 0 Å². The summed E-state index contributed by atoms with van der Waals surface area (Å²) >= 11 is 0. The number of carbonyl (C=O) groups is 3. The first-order valence-electron chi connectivity index (χ1n) is 9.39. The molecule has 1 aliphatic heterocycles. The van der Waals surface area contributed by atoms with Crippen LogP contribution in [-0.4, -0.2) is 52.2 Å². The molecule has 0 bridgehead atoms. The maximum Gasteiger partial charge on any atom is 0.325 e. The molecule has 1 saturated carbocycles. The Morgan fingerprint density at radius 2 is 1.86 bits per heavy atom. The number of benzene rings is 1. The highest BCUT2D eigenvalue weighted by Crippen LogP contribution is 2.30. The molecule has 1 heterocycles. The van der Waals surface area contributed by atoms with Gasteiger partial charge in [0.2, 0.25) is 5.91 Å². The van der Waals surface area contributed by atoms with Crippen LogP contribution in [0, 0.1) is 10.1 Å². The third-order valence-corrected chi connectivity index (χ3v) is 5.74. The summed E-state index contributed by atoms with van der Waals surface area (Å²) in [5.41, 5.74) is -1.05. The molecule has 2 fully saturated rings. The smallest absolute Gasteiger partial charge is 0.325 e. The molecule has 28 heavy (non-hydrogen) atoms. The van der Waals surface area contributed by atoms with Gasteiger partial charge in [0, 0.05) is 25.2 Å². The summed E-state index contributed by atoms with van der Waals surface area (Å²) in [6, 6.07) is 4.94. The van der Waals surface area contributed by atoms with E-state index in [2.05, 4.69) is 5.32 Å². The lowest BCUT2D eigenvalue weighted by Gasteiger charge is -2.32. The molecule has 0 aromatic heterocycles. The second-order valence-corrected chi connectivity index (χ2v) is 7.55. The van der Waals surface area contributed by atoms with E-state index in [1.54, 1.807) is 11.9 Å². The van der Waals surface area contributed by atoms with Gasteiger partial charge in [-0.1, -0.05) is 19.3 Å². The maximum absolute atomic E-state index is 12.9. The molecule has 0 spiro atoms. The molecule has 1 aromatic carbocycles. The van der Waals surface area contributed by atoms with E-state index < -0.39 is 22.4 Å². The van der Waals surface area contributed by atoms with Crippen LogP contribution in [0.5, 0.6) is 0 Å². The largest absolute Gasteiger partial charge is 0.341 e. The molecule has 9 nitrogen and oxygen atoms in total. The molecule has 1 saturated heterocycles. The minimum absolute atomic E-state index is 0.106. The molecule has 150 valence electrons. The number of carbonyl (C=O) groups excluding carboxylic acids is 3. The van der Waals surface area contributed by atoms with Crippen molar-refractivity contribution in [2.75, 3.05) is 13.6 Å². The van der Waals surface area contributed by atoms with E-state index in [1.165, 1.54) is 37.6 Å². The Morgan fingerprint density at radius 3 is 2.43 bits per heavy atom. The number of amides is 4. The predicted molar refractivity (Wildman–Crippen MR) is 100 cm³/mol. The Labute approximate surface area is 162 Å². The van der Waals surface area contributed by atoms with Crippen LogP contribution in [0.3, 0.4) is 0 Å². The Morgan fingerprint density at radius 1 is 1.25 bits per heavy atom. The summed E-state index contributed by atoms with van der Waals surface area (Å²) in [6.07, 6.45) is 5.18. The van der Waals surface area contributed by atoms with Crippen LogP contribution in [-0.2, 0) is 15.1 Å². The normalized spacial score (nSPS) is 22.9. The van der Waals surface area contributed by atoms with Crippen molar-refractivity contribution >= 4 is 23.5 Å². The van der Waals surface area contributed by atoms with Crippen molar-refractivity contribution in [1.82, 2.24) is 15.1 Å². The van der Waals surface area contributed by atoms with Crippen molar-refractivity contribution in [3.05, 3.63) is 39.9 Å². The quantitative estimate of drug-likeness (QED) is 0.472. The lowest BCUT2D eigenvalue weighted by molar-refractivity contribution is -0.384. The number of hydrogen-bond acceptors (Lipinski definition) is 5. The second-order valence-electron chi connectivity index (χ2n) is 7.55. The minimum Gasteiger partial charge on any atom is -0.341 e. The zero-order valence-electron chi connectivity index (χ0n) is 16.0. The fourth-order valence-corrected chi connectivity index (χ4v) is 3.87. The number of nitrogens with one attached hydrogen (secondary N) is 1. The zero-order chi connectivity index (χ0) is 20.5. The lowest BCUT2D eigenvalue weighted by Crippen LogP contribution is -2.46. The summed E-state index contributed by atoms with van der Waals surface area (Å²) in [5.74, 6) is -0.819. The van der Waals surface area contributed by atoms with Crippen molar-refractivity contribution in [3.8, 4) is 0 Å². The number of nitro groups is 1. The van der Waals surface area contributed by atoms with Crippen molar-refractivity contribution in [2.24, 2.45) is 0 Å². The number of non-ortho nitro benzene ring substituents is 1. The highest BCUT2D eigenvalue weighted by atomic mass is 16.6. The number of nitrogens with zero attached hydrogens (tertiary/aromatic N) is 3. The summed E-state index contributed by atoms with van der Waals surface area (Å²) in [5, 5.41) is 13.4. The molecular formula is C19H24N4O5. The van der Waals surface area contributed by atoms with Crippen LogP contribution in [0.1, 0.15) is 44.6 Å². The van der Waals surface area contributed by atoms with Crippen molar-refractivity contribution in [3.63, 3.8) is 0 Å². The van der Waals surface area contributed by atoms with Crippen molar-refractivity contribution < 1.29 is 19.3 Å². The average molecular weight is 388 g/mol. The van der Waals surface area contributed by atoms with E-state index >= 15 is 0 Å². The second kappa shape index (κ2) is 7.57. The fourth-order valence-electron chi connectivity index (χ4n) is 3.87. The number of imide groups is 1. The Balaban J connectivity index is 1.73. The van der Waals surface area contributed by atoms with Crippen LogP contribution in [0.25, 0.3) is 0 Å². The lowest BCUT2D eigenvalue weighted by atomic mass is 9.92. The van der Waals surface area contributed by atoms with Gasteiger partial charge in [-0.2, -0.15) is 0 Å². The molecule has 1 aromatic rings. The monoisotopic (exact) mass is 388 g/mol. The van der Waals surface area contributed by atoms with Gasteiger partial charge in [-0.3, -0.25) is 24.6 Å². The summed E-state index contributed by atoms with van der Waals surface area (Å²) in [6.45, 7) is 1.21. The Kier molecular flexibility index (Phi) is 5.35. The van der Waals surface area contributed by atoms with E-state index in [1.807, 2.05) is 0 Å². The van der Waals surface area contributed by atoms with Crippen molar-refractivity contribution in [1.29, 1.82) is 0 Å². The third-order valence-electron chi connectivity index (χ3n) is 5.74. The average Bonchev–Trinajstić information content (AvgIpc) is 2.92. The highest BCUT2D eigenvalue weighted by Gasteiger charge is 2.49. The van der Waals surface area contributed by atoms with Crippen LogP contribution in [0.4, 0.5) is 10.5 Å². The van der Waals surface area contributed by atoms with Gasteiger partial charge in [0.05, 0.1) is 4.92 Å². The fraction of sp³-hybridized carbons (Fsp3) is 0.526. The third kappa shape index (κ3) is 3.56. The van der Waals surface area contributed by atoms with Gasteiger partial charge in [0.1, 0.15) is 12.1 Å². The highest BCUT2D eigenvalue weighted by molar-refractivity contribution is 6.09. The topological polar surface area (TPSA) is 113 Å². The molecule has 4 amide bonds. The van der Waals surface area contributed by atoms with Gasteiger partial charge >= 0.3 is 6.03 Å². The molecule has 2 aliphatic rings. The molecule has 1 N–H and O–H groups in total. The SMILES string of the molecule is CN(C(=O)CN1C(=O)NC(C)(c2ccc([N+](=O)[O-])cc2)C1=O)C1CCCCC1. The van der Waals surface area contributed by atoms with Gasteiger partial charge in [-0.25, -0.2) is 4.79 Å². The standard InChI is InChI=1S/C19H24N4O5/c1-19(13-8-10-15(11-9-13)23(27)28)17(25)22(18(26)20-19)12-16(24)21(2)14-6-4-3-5-7-14/h8-11,14H,3-7,12H2,1-2H3,(H,20,26). The number of urea groups is 1. The van der Waals surface area contributed by atoms with Crippen LogP contribution >= 0.6 is 0 Å². The molecule has 3 rings (SSSR count). The Hall–Kier alpha value is -2.97. The first kappa shape index (κ1) is 19.8. The number of rotatable bonds is 5. The van der Waals surface area contributed by atoms with E-state index in [0.29, 0.717) is 5.56 Å². The molecule has 0 radical (unpaired) electrons. The maximum atomic E-state index is 12.9. The van der Waals surface area contributed by atoms with E-state index in [4.69, 9.17) is 0 Å². The predicted octanol–water partition coefficient (Wildman–Crippen LogP) is 2.15. The van der Waals surface area contributed by atoms with E-state index in [0.717, 1.165) is 30.6 Å². The van der Waals surface area contributed by atoms with Crippen LogP contribution < -0.4 is 5.32 Å². The van der Waals surface area contributed by atoms with Crippen molar-refractivity contribution in [2.45, 2.75) is 50.6 Å². The van der Waals surface area contributed by atoms with E-state index in [-0.39, 0.29) is 24.2 Å². The number of likely N-dealkylation sites (N-methyl/N-ethyl adjacent to an activating group) is 1. The van der Waals surface area contributed by atoms with E-state index in [9.17, 15) is 24.5 Å². The first-order valence-corrected chi connectivity index (χ1v) is 9.39. The zero-order valence-corrected chi connectivity index (χ0v) is 16.0. The first-order chi connectivity index (χ1) is 13.2.